The molecular formula is C16H17NO6. The summed E-state index contributed by atoms with van der Waals surface area (Å²) in [5.41, 5.74) is -0.0733. The first-order valence-corrected chi connectivity index (χ1v) is 6.90. The van der Waals surface area contributed by atoms with E-state index in [4.69, 9.17) is 19.0 Å². The molecule has 0 spiro atoms. The van der Waals surface area contributed by atoms with E-state index in [-0.39, 0.29) is 24.0 Å². The summed E-state index contributed by atoms with van der Waals surface area (Å²) >= 11 is 0. The predicted molar refractivity (Wildman–Crippen MR) is 81.1 cm³/mol. The zero-order chi connectivity index (χ0) is 16.8. The molecule has 0 fully saturated rings. The number of carbonyl (C=O) groups is 2. The smallest absolute Gasteiger partial charge is 0.338 e. The summed E-state index contributed by atoms with van der Waals surface area (Å²) in [4.78, 5) is 22.6. The number of carboxylic acid groups (broad SMARTS) is 1. The Bertz CT molecular complexity index is 693. The van der Waals surface area contributed by atoms with Gasteiger partial charge in [-0.1, -0.05) is 6.07 Å². The van der Waals surface area contributed by atoms with Gasteiger partial charge >= 0.3 is 5.97 Å². The molecule has 1 amide bonds. The van der Waals surface area contributed by atoms with Crippen molar-refractivity contribution in [3.8, 4) is 11.5 Å². The molecule has 0 radical (unpaired) electrons. The lowest BCUT2D eigenvalue weighted by atomic mass is 10.3. The van der Waals surface area contributed by atoms with E-state index < -0.39 is 11.9 Å². The summed E-state index contributed by atoms with van der Waals surface area (Å²) in [7, 11) is 1.57. The minimum absolute atomic E-state index is 0.0593. The molecule has 0 aliphatic carbocycles. The Morgan fingerprint density at radius 3 is 2.70 bits per heavy atom. The molecule has 1 aromatic heterocycles. The molecule has 2 N–H and O–H groups in total. The first-order valence-electron chi connectivity index (χ1n) is 6.90. The number of rotatable bonds is 7. The molecule has 7 nitrogen and oxygen atoms in total. The molecule has 1 atom stereocenters. The molecule has 1 heterocycles. The average Bonchev–Trinajstić information content (AvgIpc) is 3.03. The highest BCUT2D eigenvalue weighted by Crippen LogP contribution is 2.19. The number of carbonyl (C=O) groups excluding carboxylic acids is 1. The summed E-state index contributed by atoms with van der Waals surface area (Å²) in [5, 5.41) is 11.4. The molecule has 0 saturated heterocycles. The molecule has 0 aliphatic heterocycles. The monoisotopic (exact) mass is 319 g/mol. The van der Waals surface area contributed by atoms with Gasteiger partial charge in [-0.25, -0.2) is 4.79 Å². The van der Waals surface area contributed by atoms with Gasteiger partial charge in [0.05, 0.1) is 19.2 Å². The van der Waals surface area contributed by atoms with Gasteiger partial charge in [-0.3, -0.25) is 4.79 Å². The van der Waals surface area contributed by atoms with Crippen molar-refractivity contribution in [1.29, 1.82) is 0 Å². The molecule has 7 heteroatoms. The normalized spacial score (nSPS) is 11.6. The maximum Gasteiger partial charge on any atom is 0.338 e. The number of carboxylic acids is 1. The topological polar surface area (TPSA) is 98.0 Å². The number of methoxy groups -OCH3 is 1. The van der Waals surface area contributed by atoms with Crippen LogP contribution in [0.15, 0.2) is 41.0 Å². The van der Waals surface area contributed by atoms with Crippen LogP contribution >= 0.6 is 0 Å². The Morgan fingerprint density at radius 2 is 2.04 bits per heavy atom. The van der Waals surface area contributed by atoms with Gasteiger partial charge in [0.15, 0.2) is 5.76 Å². The first kappa shape index (κ1) is 16.4. The minimum Gasteiger partial charge on any atom is -0.497 e. The Hall–Kier alpha value is -2.96. The number of ether oxygens (including phenoxy) is 2. The van der Waals surface area contributed by atoms with Crippen LogP contribution in [-0.4, -0.2) is 36.7 Å². The van der Waals surface area contributed by atoms with Crippen molar-refractivity contribution in [3.63, 3.8) is 0 Å². The zero-order valence-corrected chi connectivity index (χ0v) is 12.7. The number of hydrogen-bond donors (Lipinski definition) is 2. The molecule has 1 aromatic carbocycles. The molecule has 2 aromatic rings. The van der Waals surface area contributed by atoms with Crippen LogP contribution in [0.5, 0.6) is 11.5 Å². The standard InChI is InChI=1S/C16H17NO6/c1-10(23-13-5-3-4-12(7-13)21-2)8-17-15(18)14-6-11(9-22-14)16(19)20/h3-7,9-10H,8H2,1-2H3,(H,17,18)(H,19,20). The summed E-state index contributed by atoms with van der Waals surface area (Å²) in [6.07, 6.45) is 0.730. The van der Waals surface area contributed by atoms with Crippen molar-refractivity contribution in [2.75, 3.05) is 13.7 Å². The van der Waals surface area contributed by atoms with E-state index in [0.29, 0.717) is 11.5 Å². The molecule has 122 valence electrons. The maximum absolute atomic E-state index is 11.9. The van der Waals surface area contributed by atoms with Crippen LogP contribution in [0.25, 0.3) is 0 Å². The lowest BCUT2D eigenvalue weighted by Gasteiger charge is -2.15. The van der Waals surface area contributed by atoms with Crippen LogP contribution in [0.4, 0.5) is 0 Å². The van der Waals surface area contributed by atoms with Gasteiger partial charge in [0.25, 0.3) is 5.91 Å². The van der Waals surface area contributed by atoms with Crippen LogP contribution in [0, 0.1) is 0 Å². The number of amides is 1. The second-order valence-corrected chi connectivity index (χ2v) is 4.82. The summed E-state index contributed by atoms with van der Waals surface area (Å²) < 4.78 is 15.7. The largest absolute Gasteiger partial charge is 0.497 e. The fourth-order valence-electron chi connectivity index (χ4n) is 1.84. The third-order valence-electron chi connectivity index (χ3n) is 3.00. The van der Waals surface area contributed by atoms with Crippen molar-refractivity contribution in [1.82, 2.24) is 5.32 Å². The highest BCUT2D eigenvalue weighted by Gasteiger charge is 2.15. The van der Waals surface area contributed by atoms with E-state index in [0.717, 1.165) is 6.26 Å². The van der Waals surface area contributed by atoms with Crippen molar-refractivity contribution < 1.29 is 28.6 Å². The van der Waals surface area contributed by atoms with E-state index in [9.17, 15) is 9.59 Å². The van der Waals surface area contributed by atoms with E-state index in [2.05, 4.69) is 5.32 Å². The number of furan rings is 1. The Kier molecular flexibility index (Phi) is 5.24. The second kappa shape index (κ2) is 7.35. The van der Waals surface area contributed by atoms with Gasteiger partial charge in [0.2, 0.25) is 0 Å². The first-order chi connectivity index (χ1) is 11.0. The summed E-state index contributed by atoms with van der Waals surface area (Å²) in [6.45, 7) is 2.03. The van der Waals surface area contributed by atoms with Crippen molar-refractivity contribution in [2.24, 2.45) is 0 Å². The molecular weight excluding hydrogens is 302 g/mol. The molecule has 0 bridgehead atoms. The molecule has 23 heavy (non-hydrogen) atoms. The molecule has 1 unspecified atom stereocenters. The van der Waals surface area contributed by atoms with Crippen molar-refractivity contribution in [2.45, 2.75) is 13.0 Å². The summed E-state index contributed by atoms with van der Waals surface area (Å²) in [6, 6.07) is 8.30. The highest BCUT2D eigenvalue weighted by molar-refractivity contribution is 5.95. The fourth-order valence-corrected chi connectivity index (χ4v) is 1.84. The average molecular weight is 319 g/mol. The fraction of sp³-hybridized carbons (Fsp3) is 0.250. The maximum atomic E-state index is 11.9. The summed E-state index contributed by atoms with van der Waals surface area (Å²) in [5.74, 6) is -0.412. The van der Waals surface area contributed by atoms with E-state index in [1.165, 1.54) is 6.07 Å². The van der Waals surface area contributed by atoms with Gasteiger partial charge in [0, 0.05) is 12.1 Å². The van der Waals surface area contributed by atoms with Gasteiger partial charge in [-0.15, -0.1) is 0 Å². The Balaban J connectivity index is 1.86. The van der Waals surface area contributed by atoms with Gasteiger partial charge in [-0.05, 0) is 19.1 Å². The lowest BCUT2D eigenvalue weighted by Crippen LogP contribution is -2.33. The van der Waals surface area contributed by atoms with Crippen molar-refractivity contribution in [3.05, 3.63) is 47.9 Å². The Labute approximate surface area is 132 Å². The predicted octanol–water partition coefficient (Wildman–Crippen LogP) is 2.18. The second-order valence-electron chi connectivity index (χ2n) is 4.82. The van der Waals surface area contributed by atoms with Gasteiger partial charge < -0.3 is 24.3 Å². The van der Waals surface area contributed by atoms with E-state index in [1.54, 1.807) is 38.3 Å². The van der Waals surface area contributed by atoms with Gasteiger partial charge in [-0.2, -0.15) is 0 Å². The molecule has 0 saturated carbocycles. The minimum atomic E-state index is -1.15. The lowest BCUT2D eigenvalue weighted by molar-refractivity contribution is 0.0696. The highest BCUT2D eigenvalue weighted by atomic mass is 16.5. The number of nitrogens with one attached hydrogen (secondary N) is 1. The number of hydrogen-bond acceptors (Lipinski definition) is 5. The van der Waals surface area contributed by atoms with Gasteiger partial charge in [0.1, 0.15) is 23.9 Å². The van der Waals surface area contributed by atoms with Crippen LogP contribution < -0.4 is 14.8 Å². The van der Waals surface area contributed by atoms with Crippen LogP contribution in [0.3, 0.4) is 0 Å². The number of aromatic carboxylic acids is 1. The SMILES string of the molecule is COc1cccc(OC(C)CNC(=O)c2cc(C(=O)O)co2)c1. The van der Waals surface area contributed by atoms with E-state index in [1.807, 2.05) is 0 Å². The number of benzene rings is 1. The molecule has 0 aliphatic rings. The van der Waals surface area contributed by atoms with Crippen LogP contribution in [0.1, 0.15) is 27.8 Å². The third-order valence-corrected chi connectivity index (χ3v) is 3.00. The third kappa shape index (κ3) is 4.50. The van der Waals surface area contributed by atoms with E-state index >= 15 is 0 Å². The molecule has 2 rings (SSSR count). The zero-order valence-electron chi connectivity index (χ0n) is 12.7. The Morgan fingerprint density at radius 1 is 1.30 bits per heavy atom. The van der Waals surface area contributed by atoms with Crippen molar-refractivity contribution >= 4 is 11.9 Å². The van der Waals surface area contributed by atoms with Crippen LogP contribution in [0.2, 0.25) is 0 Å². The van der Waals surface area contributed by atoms with Crippen LogP contribution in [-0.2, 0) is 0 Å². The quantitative estimate of drug-likeness (QED) is 0.812.